The van der Waals surface area contributed by atoms with E-state index in [9.17, 15) is 5.11 Å². The number of allylic oxidation sites excluding steroid dienone is 1. The Bertz CT molecular complexity index is 1020. The van der Waals surface area contributed by atoms with E-state index in [1.165, 1.54) is 29.6 Å². The van der Waals surface area contributed by atoms with E-state index in [0.717, 1.165) is 44.3 Å². The van der Waals surface area contributed by atoms with Crippen molar-refractivity contribution in [3.8, 4) is 0 Å². The van der Waals surface area contributed by atoms with Gasteiger partial charge >= 0.3 is 0 Å². The topological polar surface area (TPSA) is 66.4 Å². The Labute approximate surface area is 221 Å². The zero-order valence-corrected chi connectivity index (χ0v) is 23.1. The first kappa shape index (κ1) is 26.0. The number of fused-ring (bicyclic) bond motifs is 4. The van der Waals surface area contributed by atoms with Crippen molar-refractivity contribution in [2.45, 2.75) is 95.1 Å². The third kappa shape index (κ3) is 4.06. The second-order valence-electron chi connectivity index (χ2n) is 12.5. The molecular formula is C31H44O6. The molecule has 0 unspecified atom stereocenters. The van der Waals surface area contributed by atoms with Gasteiger partial charge in [0.1, 0.15) is 0 Å². The molecule has 1 N–H and O–H groups in total. The summed E-state index contributed by atoms with van der Waals surface area (Å²) >= 11 is 0. The fourth-order valence-electron chi connectivity index (χ4n) is 8.98. The molecule has 6 atom stereocenters. The molecule has 3 saturated carbocycles. The first-order valence-corrected chi connectivity index (χ1v) is 14.2. The minimum Gasteiger partial charge on any atom is -0.385 e. The molecule has 5 aliphatic rings. The molecule has 0 amide bonds. The van der Waals surface area contributed by atoms with Crippen LogP contribution in [0.25, 0.3) is 0 Å². The molecule has 0 aromatic heterocycles. The summed E-state index contributed by atoms with van der Waals surface area (Å²) in [5.41, 5.74) is 4.57. The summed E-state index contributed by atoms with van der Waals surface area (Å²) in [5, 5.41) is 12.1. The van der Waals surface area contributed by atoms with Gasteiger partial charge in [-0.2, -0.15) is 0 Å². The van der Waals surface area contributed by atoms with Crippen LogP contribution >= 0.6 is 0 Å². The van der Waals surface area contributed by atoms with Crippen LogP contribution in [-0.4, -0.2) is 50.7 Å². The molecular weight excluding hydrogens is 468 g/mol. The average molecular weight is 513 g/mol. The van der Waals surface area contributed by atoms with Gasteiger partial charge in [0.25, 0.3) is 0 Å². The predicted molar refractivity (Wildman–Crippen MR) is 140 cm³/mol. The largest absolute Gasteiger partial charge is 0.385 e. The van der Waals surface area contributed by atoms with Crippen LogP contribution in [0.4, 0.5) is 0 Å². The molecule has 1 aromatic carbocycles. The Morgan fingerprint density at radius 1 is 0.973 bits per heavy atom. The molecule has 1 aromatic rings. The number of aliphatic hydroxyl groups is 1. The summed E-state index contributed by atoms with van der Waals surface area (Å²) in [5.74, 6) is 1.32. The number of rotatable bonds is 6. The summed E-state index contributed by atoms with van der Waals surface area (Å²) in [6.45, 7) is 5.28. The maximum atomic E-state index is 12.1. The monoisotopic (exact) mass is 512 g/mol. The van der Waals surface area contributed by atoms with E-state index in [-0.39, 0.29) is 18.0 Å². The minimum atomic E-state index is -0.865. The standard InChI is InChI=1S/C31H44O6/c1-19-36-28(37-19)21-8-6-20(7-9-21)24-16-29(2)22(17-33-3)10-11-25(29)23-12-14-30(32)18-31(34-4,35-5)15-13-26(30)27(23)24/h6-9,19,22-25,28,32H,10-18H2,1-5H3/t19?,22-,23-,24+,25-,28?,29+,30+/m0/s1. The Kier molecular flexibility index (Phi) is 6.62. The molecule has 1 aliphatic heterocycles. The number of methoxy groups -OCH3 is 3. The first-order chi connectivity index (χ1) is 17.8. The molecule has 4 aliphatic carbocycles. The highest BCUT2D eigenvalue weighted by Crippen LogP contribution is 2.66. The molecule has 204 valence electrons. The van der Waals surface area contributed by atoms with Crippen molar-refractivity contribution in [1.29, 1.82) is 0 Å². The number of hydrogen-bond donors (Lipinski definition) is 1. The first-order valence-electron chi connectivity index (χ1n) is 14.2. The Morgan fingerprint density at radius 3 is 2.32 bits per heavy atom. The third-order valence-corrected chi connectivity index (χ3v) is 11.0. The van der Waals surface area contributed by atoms with Crippen molar-refractivity contribution in [3.05, 3.63) is 46.5 Å². The number of benzene rings is 1. The van der Waals surface area contributed by atoms with E-state index in [2.05, 4.69) is 31.2 Å². The number of ether oxygens (including phenoxy) is 5. The summed E-state index contributed by atoms with van der Waals surface area (Å²) in [4.78, 5) is 0. The van der Waals surface area contributed by atoms with Gasteiger partial charge in [0.2, 0.25) is 0 Å². The normalized spacial score (nSPS) is 42.5. The second kappa shape index (κ2) is 9.42. The minimum absolute atomic E-state index is 0.134. The van der Waals surface area contributed by atoms with E-state index in [1.807, 2.05) is 14.0 Å². The van der Waals surface area contributed by atoms with Gasteiger partial charge in [0, 0.05) is 52.3 Å². The molecule has 1 saturated heterocycles. The zero-order chi connectivity index (χ0) is 26.0. The summed E-state index contributed by atoms with van der Waals surface area (Å²) in [7, 11) is 5.25. The van der Waals surface area contributed by atoms with Crippen LogP contribution in [-0.2, 0) is 23.7 Å². The van der Waals surface area contributed by atoms with Gasteiger partial charge in [-0.1, -0.05) is 36.8 Å². The van der Waals surface area contributed by atoms with E-state index >= 15 is 0 Å². The Balaban J connectivity index is 1.41. The van der Waals surface area contributed by atoms with Crippen LogP contribution < -0.4 is 0 Å². The average Bonchev–Trinajstić information content (AvgIpc) is 3.21. The van der Waals surface area contributed by atoms with Crippen LogP contribution in [0, 0.1) is 23.2 Å². The predicted octanol–water partition coefficient (Wildman–Crippen LogP) is 5.85. The smallest absolute Gasteiger partial charge is 0.189 e. The van der Waals surface area contributed by atoms with E-state index < -0.39 is 11.4 Å². The molecule has 6 nitrogen and oxygen atoms in total. The maximum absolute atomic E-state index is 12.1. The van der Waals surface area contributed by atoms with Gasteiger partial charge in [-0.25, -0.2) is 0 Å². The zero-order valence-electron chi connectivity index (χ0n) is 23.1. The Hall–Kier alpha value is -1.28. The van der Waals surface area contributed by atoms with Crippen molar-refractivity contribution in [3.63, 3.8) is 0 Å². The van der Waals surface area contributed by atoms with Crippen molar-refractivity contribution in [2.75, 3.05) is 27.9 Å². The highest BCUT2D eigenvalue weighted by atomic mass is 16.9. The van der Waals surface area contributed by atoms with Crippen molar-refractivity contribution in [1.82, 2.24) is 0 Å². The van der Waals surface area contributed by atoms with Crippen LogP contribution in [0.5, 0.6) is 0 Å². The summed E-state index contributed by atoms with van der Waals surface area (Å²) in [6.07, 6.45) is 7.11. The lowest BCUT2D eigenvalue weighted by Gasteiger charge is -2.56. The molecule has 6 heteroatoms. The van der Waals surface area contributed by atoms with Crippen LogP contribution in [0.1, 0.15) is 88.5 Å². The van der Waals surface area contributed by atoms with Gasteiger partial charge in [-0.3, -0.25) is 0 Å². The van der Waals surface area contributed by atoms with Crippen LogP contribution in [0.3, 0.4) is 0 Å². The second-order valence-corrected chi connectivity index (χ2v) is 12.5. The van der Waals surface area contributed by atoms with Crippen molar-refractivity contribution >= 4 is 0 Å². The number of hydrogen-bond acceptors (Lipinski definition) is 6. The molecule has 0 bridgehead atoms. The van der Waals surface area contributed by atoms with E-state index in [0.29, 0.717) is 30.1 Å². The lowest BCUT2D eigenvalue weighted by molar-refractivity contribution is -0.382. The molecule has 0 spiro atoms. The van der Waals surface area contributed by atoms with Gasteiger partial charge in [-0.15, -0.1) is 0 Å². The van der Waals surface area contributed by atoms with Gasteiger partial charge in [0.05, 0.1) is 5.60 Å². The van der Waals surface area contributed by atoms with Crippen LogP contribution in [0.15, 0.2) is 35.4 Å². The van der Waals surface area contributed by atoms with Crippen molar-refractivity contribution in [2.24, 2.45) is 23.2 Å². The fraction of sp³-hybridized carbons (Fsp3) is 0.742. The van der Waals surface area contributed by atoms with Crippen molar-refractivity contribution < 1.29 is 28.8 Å². The summed E-state index contributed by atoms with van der Waals surface area (Å²) in [6, 6.07) is 8.88. The highest BCUT2D eigenvalue weighted by Gasteiger charge is 2.60. The van der Waals surface area contributed by atoms with Gasteiger partial charge < -0.3 is 28.8 Å². The molecule has 6 rings (SSSR count). The van der Waals surface area contributed by atoms with Gasteiger partial charge in [0.15, 0.2) is 18.4 Å². The molecule has 37 heavy (non-hydrogen) atoms. The third-order valence-electron chi connectivity index (χ3n) is 11.0. The molecule has 1 heterocycles. The SMILES string of the molecule is COC[C@@H]1CC[C@H]2[C@@H]3CC[C@@]4(O)CC(OC)(OC)CCC4=C3[C@@H](c3ccc(C4OC(C)O4)cc3)C[C@]12C. The van der Waals surface area contributed by atoms with Gasteiger partial charge in [-0.05, 0) is 79.8 Å². The quantitative estimate of drug-likeness (QED) is 0.381. The highest BCUT2D eigenvalue weighted by molar-refractivity contribution is 5.44. The lowest BCUT2D eigenvalue weighted by Crippen LogP contribution is -2.54. The van der Waals surface area contributed by atoms with E-state index in [1.54, 1.807) is 14.2 Å². The summed E-state index contributed by atoms with van der Waals surface area (Å²) < 4.78 is 28.9. The maximum Gasteiger partial charge on any atom is 0.189 e. The van der Waals surface area contributed by atoms with E-state index in [4.69, 9.17) is 23.7 Å². The molecule has 4 fully saturated rings. The van der Waals surface area contributed by atoms with Crippen LogP contribution in [0.2, 0.25) is 0 Å². The Morgan fingerprint density at radius 2 is 1.68 bits per heavy atom. The molecule has 0 radical (unpaired) electrons. The lowest BCUT2D eigenvalue weighted by atomic mass is 9.50. The fourth-order valence-corrected chi connectivity index (χ4v) is 8.98.